The number of benzene rings is 1. The topological polar surface area (TPSA) is 42.4 Å². The highest BCUT2D eigenvalue weighted by atomic mass is 32.1. The molecule has 0 saturated heterocycles. The summed E-state index contributed by atoms with van der Waals surface area (Å²) in [5.41, 5.74) is 1.23. The van der Waals surface area contributed by atoms with Crippen molar-refractivity contribution >= 4 is 11.3 Å². The van der Waals surface area contributed by atoms with Crippen molar-refractivity contribution in [3.05, 3.63) is 45.4 Å². The molecular formula is C16H21NO2S. The Balaban J connectivity index is 2.12. The number of nitrogens with zero attached hydrogens (tertiary/aromatic N) is 1. The fourth-order valence-corrected chi connectivity index (χ4v) is 3.14. The Morgan fingerprint density at radius 1 is 1.30 bits per heavy atom. The van der Waals surface area contributed by atoms with Crippen molar-refractivity contribution in [3.8, 4) is 5.75 Å². The minimum absolute atomic E-state index is 0.443. The fraction of sp³-hybridized carbons (Fsp3) is 0.438. The van der Waals surface area contributed by atoms with E-state index in [-0.39, 0.29) is 0 Å². The monoisotopic (exact) mass is 291 g/mol. The molecule has 2 rings (SSSR count). The Morgan fingerprint density at radius 3 is 2.60 bits per heavy atom. The van der Waals surface area contributed by atoms with Gasteiger partial charge in [0.1, 0.15) is 17.4 Å². The summed E-state index contributed by atoms with van der Waals surface area (Å²) < 4.78 is 5.86. The molecule has 1 aromatic carbocycles. The molecule has 108 valence electrons. The quantitative estimate of drug-likeness (QED) is 0.910. The van der Waals surface area contributed by atoms with E-state index < -0.39 is 5.60 Å². The van der Waals surface area contributed by atoms with E-state index in [1.54, 1.807) is 13.8 Å². The molecule has 1 heterocycles. The van der Waals surface area contributed by atoms with E-state index in [2.05, 4.69) is 18.0 Å². The van der Waals surface area contributed by atoms with Gasteiger partial charge in [-0.3, -0.25) is 0 Å². The zero-order chi connectivity index (χ0) is 14.8. The van der Waals surface area contributed by atoms with E-state index in [0.29, 0.717) is 6.61 Å². The van der Waals surface area contributed by atoms with Crippen molar-refractivity contribution in [1.29, 1.82) is 0 Å². The van der Waals surface area contributed by atoms with Crippen LogP contribution in [0.2, 0.25) is 0 Å². The molecule has 0 spiro atoms. The Kier molecular flexibility index (Phi) is 4.45. The summed E-state index contributed by atoms with van der Waals surface area (Å²) in [7, 11) is 0. The molecule has 0 bridgehead atoms. The summed E-state index contributed by atoms with van der Waals surface area (Å²) in [5, 5.41) is 11.0. The van der Waals surface area contributed by atoms with E-state index >= 15 is 0 Å². The molecule has 3 nitrogen and oxygen atoms in total. The van der Waals surface area contributed by atoms with E-state index in [9.17, 15) is 5.11 Å². The Hall–Kier alpha value is -1.39. The maximum atomic E-state index is 10.1. The van der Waals surface area contributed by atoms with Gasteiger partial charge in [0.2, 0.25) is 0 Å². The van der Waals surface area contributed by atoms with Gasteiger partial charge >= 0.3 is 0 Å². The lowest BCUT2D eigenvalue weighted by molar-refractivity contribution is 0.0817. The third kappa shape index (κ3) is 3.38. The van der Waals surface area contributed by atoms with Gasteiger partial charge in [-0.2, -0.15) is 0 Å². The number of aliphatic hydroxyl groups is 1. The van der Waals surface area contributed by atoms with Crippen LogP contribution in [-0.4, -0.2) is 10.1 Å². The maximum Gasteiger partial charge on any atom is 0.140 e. The van der Waals surface area contributed by atoms with Gasteiger partial charge in [0.05, 0.1) is 16.2 Å². The van der Waals surface area contributed by atoms with Crippen molar-refractivity contribution in [1.82, 2.24) is 4.98 Å². The zero-order valence-corrected chi connectivity index (χ0v) is 13.3. The number of hydrogen-bond acceptors (Lipinski definition) is 4. The molecule has 1 aromatic heterocycles. The van der Waals surface area contributed by atoms with Gasteiger partial charge in [0.15, 0.2) is 0 Å². The lowest BCUT2D eigenvalue weighted by atomic mass is 10.1. The van der Waals surface area contributed by atoms with Crippen molar-refractivity contribution in [2.45, 2.75) is 46.3 Å². The van der Waals surface area contributed by atoms with Gasteiger partial charge in [0.25, 0.3) is 0 Å². The molecule has 0 aliphatic heterocycles. The largest absolute Gasteiger partial charge is 0.486 e. The first kappa shape index (κ1) is 15.0. The highest BCUT2D eigenvalue weighted by Gasteiger charge is 2.22. The van der Waals surface area contributed by atoms with Crippen molar-refractivity contribution in [2.24, 2.45) is 0 Å². The van der Waals surface area contributed by atoms with Crippen LogP contribution >= 0.6 is 11.3 Å². The molecule has 0 fully saturated rings. The fourth-order valence-electron chi connectivity index (χ4n) is 2.16. The van der Waals surface area contributed by atoms with Crippen LogP contribution in [0.4, 0.5) is 0 Å². The normalized spacial score (nSPS) is 11.7. The predicted molar refractivity (Wildman–Crippen MR) is 82.2 cm³/mol. The molecule has 0 atom stereocenters. The number of para-hydroxylation sites is 1. The summed E-state index contributed by atoms with van der Waals surface area (Å²) >= 11 is 1.51. The molecule has 0 radical (unpaired) electrons. The Morgan fingerprint density at radius 2 is 2.00 bits per heavy atom. The molecule has 0 aliphatic rings. The van der Waals surface area contributed by atoms with Crippen molar-refractivity contribution in [3.63, 3.8) is 0 Å². The first-order chi connectivity index (χ1) is 9.41. The van der Waals surface area contributed by atoms with Crippen LogP contribution in [0.3, 0.4) is 0 Å². The smallest absolute Gasteiger partial charge is 0.140 e. The highest BCUT2D eigenvalue weighted by molar-refractivity contribution is 7.11. The molecular weight excluding hydrogens is 270 g/mol. The van der Waals surface area contributed by atoms with Gasteiger partial charge in [-0.15, -0.1) is 11.3 Å². The second kappa shape index (κ2) is 5.94. The molecule has 2 aromatic rings. The average Bonchev–Trinajstić information content (AvgIpc) is 2.78. The summed E-state index contributed by atoms with van der Waals surface area (Å²) in [4.78, 5) is 5.38. The highest BCUT2D eigenvalue weighted by Crippen LogP contribution is 2.30. The van der Waals surface area contributed by atoms with Crippen LogP contribution < -0.4 is 4.74 Å². The van der Waals surface area contributed by atoms with Gasteiger partial charge in [0, 0.05) is 0 Å². The van der Waals surface area contributed by atoms with Crippen LogP contribution in [-0.2, 0) is 18.6 Å². The van der Waals surface area contributed by atoms with E-state index in [1.807, 2.05) is 25.1 Å². The summed E-state index contributed by atoms with van der Waals surface area (Å²) in [6.45, 7) is 8.04. The number of aryl methyl sites for hydroxylation is 2. The molecule has 4 heteroatoms. The maximum absolute atomic E-state index is 10.1. The first-order valence-corrected chi connectivity index (χ1v) is 7.63. The van der Waals surface area contributed by atoms with Crippen LogP contribution in [0.25, 0.3) is 0 Å². The SMILES string of the molecule is CCc1ccccc1OCc1nc(C)c(C(C)(C)O)s1. The number of thiazole rings is 1. The van der Waals surface area contributed by atoms with E-state index in [4.69, 9.17) is 4.74 Å². The van der Waals surface area contributed by atoms with Gasteiger partial charge in [-0.1, -0.05) is 25.1 Å². The van der Waals surface area contributed by atoms with Gasteiger partial charge in [-0.25, -0.2) is 4.98 Å². The third-order valence-electron chi connectivity index (χ3n) is 3.10. The molecule has 20 heavy (non-hydrogen) atoms. The number of aromatic nitrogens is 1. The van der Waals surface area contributed by atoms with Crippen LogP contribution in [0.1, 0.15) is 41.9 Å². The molecule has 0 amide bonds. The number of ether oxygens (including phenoxy) is 1. The lowest BCUT2D eigenvalue weighted by Gasteiger charge is -2.15. The van der Waals surface area contributed by atoms with Crippen molar-refractivity contribution in [2.75, 3.05) is 0 Å². The zero-order valence-electron chi connectivity index (χ0n) is 12.4. The van der Waals surface area contributed by atoms with Crippen LogP contribution in [0.15, 0.2) is 24.3 Å². The van der Waals surface area contributed by atoms with Crippen LogP contribution in [0, 0.1) is 6.92 Å². The summed E-state index contributed by atoms with van der Waals surface area (Å²) in [5.74, 6) is 0.910. The van der Waals surface area contributed by atoms with Crippen LogP contribution in [0.5, 0.6) is 5.75 Å². The summed E-state index contributed by atoms with van der Waals surface area (Å²) in [6.07, 6.45) is 0.946. The number of rotatable bonds is 5. The molecule has 0 unspecified atom stereocenters. The number of hydrogen-bond donors (Lipinski definition) is 1. The summed E-state index contributed by atoms with van der Waals surface area (Å²) in [6, 6.07) is 8.05. The lowest BCUT2D eigenvalue weighted by Crippen LogP contribution is -2.14. The second-order valence-electron chi connectivity index (χ2n) is 5.33. The minimum atomic E-state index is -0.846. The predicted octanol–water partition coefficient (Wildman–Crippen LogP) is 3.82. The van der Waals surface area contributed by atoms with Gasteiger partial charge < -0.3 is 9.84 Å². The molecule has 1 N–H and O–H groups in total. The molecule has 0 aliphatic carbocycles. The molecule has 0 saturated carbocycles. The standard InChI is InChI=1S/C16H21NO2S/c1-5-12-8-6-7-9-13(12)19-10-14-17-11(2)15(20-14)16(3,4)18/h6-9,18H,5,10H2,1-4H3. The van der Waals surface area contributed by atoms with E-state index in [1.165, 1.54) is 16.9 Å². The first-order valence-electron chi connectivity index (χ1n) is 6.81. The van der Waals surface area contributed by atoms with Crippen molar-refractivity contribution < 1.29 is 9.84 Å². The second-order valence-corrected chi connectivity index (χ2v) is 6.41. The Bertz CT molecular complexity index is 584. The minimum Gasteiger partial charge on any atom is -0.486 e. The van der Waals surface area contributed by atoms with E-state index in [0.717, 1.165) is 27.7 Å². The van der Waals surface area contributed by atoms with Gasteiger partial charge in [-0.05, 0) is 38.8 Å². The Labute approximate surface area is 124 Å². The average molecular weight is 291 g/mol. The third-order valence-corrected chi connectivity index (χ3v) is 4.55.